The van der Waals surface area contributed by atoms with Gasteiger partial charge in [0.15, 0.2) is 0 Å². The number of amides is 5. The molecule has 150 valence electrons. The number of methoxy groups -OCH3 is 1. The van der Waals surface area contributed by atoms with Crippen molar-refractivity contribution in [3.8, 4) is 5.75 Å². The molecular weight excluding hydrogens is 398 g/mol. The Morgan fingerprint density at radius 3 is 2.24 bits per heavy atom. The third kappa shape index (κ3) is 4.22. The van der Waals surface area contributed by atoms with Crippen LogP contribution in [0.2, 0.25) is 5.02 Å². The summed E-state index contributed by atoms with van der Waals surface area (Å²) in [6.45, 7) is 1.19. The van der Waals surface area contributed by atoms with E-state index in [-0.39, 0.29) is 11.7 Å². The van der Waals surface area contributed by atoms with Crippen molar-refractivity contribution >= 4 is 41.0 Å². The van der Waals surface area contributed by atoms with E-state index in [0.717, 1.165) is 10.5 Å². The van der Waals surface area contributed by atoms with Crippen LogP contribution in [0.1, 0.15) is 18.5 Å². The molecule has 1 aliphatic rings. The lowest BCUT2D eigenvalue weighted by Gasteiger charge is -2.18. The fraction of sp³-hybridized carbons (Fsp3) is 0.200. The number of anilines is 1. The van der Waals surface area contributed by atoms with Gasteiger partial charge in [-0.1, -0.05) is 23.7 Å². The molecule has 1 atom stereocenters. The highest BCUT2D eigenvalue weighted by Gasteiger charge is 2.46. The minimum Gasteiger partial charge on any atom is -0.497 e. The topological polar surface area (TPSA) is 96.0 Å². The number of imide groups is 2. The average molecular weight is 416 g/mol. The summed E-state index contributed by atoms with van der Waals surface area (Å²) in [6.07, 6.45) is 0. The third-order valence-electron chi connectivity index (χ3n) is 4.43. The zero-order valence-electron chi connectivity index (χ0n) is 15.7. The van der Waals surface area contributed by atoms with Crippen LogP contribution in [0.25, 0.3) is 0 Å². The fourth-order valence-electron chi connectivity index (χ4n) is 2.87. The van der Waals surface area contributed by atoms with Crippen molar-refractivity contribution in [1.29, 1.82) is 0 Å². The summed E-state index contributed by atoms with van der Waals surface area (Å²) in [4.78, 5) is 50.8. The van der Waals surface area contributed by atoms with E-state index in [1.165, 1.54) is 19.2 Å². The predicted molar refractivity (Wildman–Crippen MR) is 106 cm³/mol. The molecule has 0 unspecified atom stereocenters. The first kappa shape index (κ1) is 20.3. The van der Waals surface area contributed by atoms with Gasteiger partial charge in [0, 0.05) is 5.02 Å². The second-order valence-electron chi connectivity index (χ2n) is 6.35. The molecule has 0 radical (unpaired) electrons. The molecule has 0 bridgehead atoms. The monoisotopic (exact) mass is 415 g/mol. The van der Waals surface area contributed by atoms with Crippen molar-refractivity contribution in [1.82, 2.24) is 10.2 Å². The molecule has 0 aromatic heterocycles. The van der Waals surface area contributed by atoms with Gasteiger partial charge < -0.3 is 10.1 Å². The normalized spacial score (nSPS) is 14.9. The average Bonchev–Trinajstić information content (AvgIpc) is 2.92. The molecule has 1 saturated heterocycles. The number of hydrogen-bond donors (Lipinski definition) is 1. The number of ether oxygens (including phenoxy) is 1. The Morgan fingerprint density at radius 1 is 1.03 bits per heavy atom. The molecule has 0 aliphatic carbocycles. The summed E-state index contributed by atoms with van der Waals surface area (Å²) in [5.41, 5.74) is 1.02. The minimum absolute atomic E-state index is 0.214. The second kappa shape index (κ2) is 8.32. The van der Waals surface area contributed by atoms with Crippen molar-refractivity contribution in [2.75, 3.05) is 18.6 Å². The highest BCUT2D eigenvalue weighted by atomic mass is 35.5. The van der Waals surface area contributed by atoms with Crippen LogP contribution >= 0.6 is 11.6 Å². The quantitative estimate of drug-likeness (QED) is 0.577. The van der Waals surface area contributed by atoms with E-state index in [0.29, 0.717) is 15.7 Å². The lowest BCUT2D eigenvalue weighted by atomic mass is 10.1. The zero-order chi connectivity index (χ0) is 21.1. The molecule has 5 amide bonds. The maximum atomic E-state index is 12.6. The van der Waals surface area contributed by atoms with E-state index in [4.69, 9.17) is 16.3 Å². The van der Waals surface area contributed by atoms with Crippen LogP contribution in [0.4, 0.5) is 10.5 Å². The Balaban J connectivity index is 1.69. The largest absolute Gasteiger partial charge is 0.497 e. The van der Waals surface area contributed by atoms with Crippen molar-refractivity contribution in [3.63, 3.8) is 0 Å². The van der Waals surface area contributed by atoms with Crippen molar-refractivity contribution in [2.45, 2.75) is 13.0 Å². The van der Waals surface area contributed by atoms with Crippen LogP contribution in [0.5, 0.6) is 5.75 Å². The Bertz CT molecular complexity index is 959. The molecule has 9 heteroatoms. The van der Waals surface area contributed by atoms with Crippen LogP contribution < -0.4 is 15.0 Å². The maximum Gasteiger partial charge on any atom is 0.339 e. The summed E-state index contributed by atoms with van der Waals surface area (Å²) in [5.74, 6) is -2.11. The Kier molecular flexibility index (Phi) is 5.84. The van der Waals surface area contributed by atoms with Gasteiger partial charge in [-0.15, -0.1) is 0 Å². The number of nitrogens with one attached hydrogen (secondary N) is 1. The number of urea groups is 1. The molecule has 0 saturated carbocycles. The number of halogens is 1. The smallest absolute Gasteiger partial charge is 0.339 e. The van der Waals surface area contributed by atoms with Crippen molar-refractivity contribution < 1.29 is 23.9 Å². The van der Waals surface area contributed by atoms with E-state index >= 15 is 0 Å². The SMILES string of the molecule is COc1ccc(N2C(=O)C(=O)N(CC(=O)N[C@H](C)c3ccc(Cl)cc3)C2=O)cc1. The van der Waals surface area contributed by atoms with Gasteiger partial charge in [0.2, 0.25) is 5.91 Å². The Labute approximate surface area is 172 Å². The zero-order valence-corrected chi connectivity index (χ0v) is 16.5. The molecule has 8 nitrogen and oxygen atoms in total. The molecule has 29 heavy (non-hydrogen) atoms. The summed E-state index contributed by atoms with van der Waals surface area (Å²) in [7, 11) is 1.48. The number of carbonyl (C=O) groups is 4. The van der Waals surface area contributed by atoms with Crippen LogP contribution in [0.3, 0.4) is 0 Å². The van der Waals surface area contributed by atoms with Crippen molar-refractivity contribution in [3.05, 3.63) is 59.1 Å². The van der Waals surface area contributed by atoms with Crippen LogP contribution in [0, 0.1) is 0 Å². The van der Waals surface area contributed by atoms with Gasteiger partial charge in [-0.25, -0.2) is 14.6 Å². The van der Waals surface area contributed by atoms with E-state index in [9.17, 15) is 19.2 Å². The number of hydrogen-bond acceptors (Lipinski definition) is 5. The molecule has 3 rings (SSSR count). The van der Waals surface area contributed by atoms with Crippen molar-refractivity contribution in [2.24, 2.45) is 0 Å². The second-order valence-corrected chi connectivity index (χ2v) is 6.79. The Morgan fingerprint density at radius 2 is 1.66 bits per heavy atom. The van der Waals surface area contributed by atoms with Gasteiger partial charge in [0.05, 0.1) is 18.8 Å². The van der Waals surface area contributed by atoms with Gasteiger partial charge in [-0.3, -0.25) is 14.4 Å². The highest BCUT2D eigenvalue weighted by molar-refractivity contribution is 6.53. The molecule has 2 aromatic carbocycles. The van der Waals surface area contributed by atoms with Crippen LogP contribution in [-0.4, -0.2) is 42.3 Å². The predicted octanol–water partition coefficient (Wildman–Crippen LogP) is 2.52. The molecule has 1 aliphatic heterocycles. The van der Waals surface area contributed by atoms with E-state index in [1.807, 2.05) is 0 Å². The van der Waals surface area contributed by atoms with Gasteiger partial charge in [-0.2, -0.15) is 0 Å². The summed E-state index contributed by atoms with van der Waals surface area (Å²) in [6, 6.07) is 11.7. The fourth-order valence-corrected chi connectivity index (χ4v) is 3.00. The molecular formula is C20H18ClN3O5. The van der Waals surface area contributed by atoms with E-state index < -0.39 is 30.3 Å². The first-order chi connectivity index (χ1) is 13.8. The minimum atomic E-state index is -1.06. The van der Waals surface area contributed by atoms with Gasteiger partial charge in [0.25, 0.3) is 0 Å². The van der Waals surface area contributed by atoms with Gasteiger partial charge in [0.1, 0.15) is 12.3 Å². The van der Waals surface area contributed by atoms with Gasteiger partial charge in [-0.05, 0) is 48.9 Å². The first-order valence-corrected chi connectivity index (χ1v) is 9.08. The number of rotatable bonds is 6. The first-order valence-electron chi connectivity index (χ1n) is 8.70. The van der Waals surface area contributed by atoms with Crippen LogP contribution in [0.15, 0.2) is 48.5 Å². The summed E-state index contributed by atoms with van der Waals surface area (Å²) >= 11 is 5.85. The summed E-state index contributed by atoms with van der Waals surface area (Å²) < 4.78 is 5.03. The lowest BCUT2D eigenvalue weighted by Crippen LogP contribution is -2.42. The van der Waals surface area contributed by atoms with Gasteiger partial charge >= 0.3 is 17.8 Å². The summed E-state index contributed by atoms with van der Waals surface area (Å²) in [5, 5.41) is 3.26. The molecule has 2 aromatic rings. The molecule has 1 N–H and O–H groups in total. The Hall–Kier alpha value is -3.39. The third-order valence-corrected chi connectivity index (χ3v) is 4.69. The van der Waals surface area contributed by atoms with Crippen LogP contribution in [-0.2, 0) is 14.4 Å². The lowest BCUT2D eigenvalue weighted by molar-refractivity contribution is -0.140. The number of carbonyl (C=O) groups excluding carboxylic acids is 4. The number of nitrogens with zero attached hydrogens (tertiary/aromatic N) is 2. The molecule has 0 spiro atoms. The van der Waals surface area contributed by atoms with E-state index in [2.05, 4.69) is 5.32 Å². The van der Waals surface area contributed by atoms with E-state index in [1.54, 1.807) is 43.3 Å². The number of benzene rings is 2. The molecule has 1 heterocycles. The standard InChI is InChI=1S/C20H18ClN3O5/c1-12(13-3-5-14(21)6-4-13)22-17(25)11-23-18(26)19(27)24(20(23)28)15-7-9-16(29-2)10-8-15/h3-10,12H,11H2,1-2H3,(H,22,25)/t12-/m1/s1. The maximum absolute atomic E-state index is 12.6. The highest BCUT2D eigenvalue weighted by Crippen LogP contribution is 2.24. The molecule has 1 fully saturated rings.